The number of imidazole rings is 1. The normalized spacial score (nSPS) is 11.5. The second-order valence-corrected chi connectivity index (χ2v) is 7.45. The quantitative estimate of drug-likeness (QED) is 0.341. The number of nitriles is 1. The van der Waals surface area contributed by atoms with Gasteiger partial charge >= 0.3 is 0 Å². The first-order chi connectivity index (χ1) is 16.2. The number of para-hydroxylation sites is 3. The lowest BCUT2D eigenvalue weighted by Gasteiger charge is -2.05. The van der Waals surface area contributed by atoms with Crippen molar-refractivity contribution < 1.29 is 4.74 Å². The second kappa shape index (κ2) is 8.85. The molecule has 2 aromatic heterocycles. The molecule has 160 valence electrons. The predicted octanol–water partition coefficient (Wildman–Crippen LogP) is 5.88. The molecule has 5 rings (SSSR count). The van der Waals surface area contributed by atoms with Gasteiger partial charge in [-0.05, 0) is 49.4 Å². The van der Waals surface area contributed by atoms with Crippen LogP contribution in [0.5, 0.6) is 5.75 Å². The Balaban J connectivity index is 1.65. The van der Waals surface area contributed by atoms with E-state index in [1.165, 1.54) is 0 Å². The van der Waals surface area contributed by atoms with Crippen LogP contribution in [0.4, 0.5) is 0 Å². The average molecular weight is 431 g/mol. The first kappa shape index (κ1) is 20.3. The van der Waals surface area contributed by atoms with Crippen molar-refractivity contribution in [1.29, 1.82) is 5.26 Å². The van der Waals surface area contributed by atoms with Crippen LogP contribution in [0.1, 0.15) is 18.3 Å². The van der Waals surface area contributed by atoms with Crippen LogP contribution in [0.2, 0.25) is 0 Å². The van der Waals surface area contributed by atoms with E-state index in [-0.39, 0.29) is 0 Å². The first-order valence-electron chi connectivity index (χ1n) is 10.7. The molecule has 5 aromatic rings. The van der Waals surface area contributed by atoms with Gasteiger partial charge in [-0.1, -0.05) is 42.5 Å². The summed E-state index contributed by atoms with van der Waals surface area (Å²) in [6.07, 6.45) is 3.75. The summed E-state index contributed by atoms with van der Waals surface area (Å²) in [5, 5.41) is 14.8. The van der Waals surface area contributed by atoms with Crippen LogP contribution in [0.25, 0.3) is 39.6 Å². The number of aromatic nitrogens is 4. The molecule has 0 aliphatic heterocycles. The van der Waals surface area contributed by atoms with Crippen molar-refractivity contribution in [2.45, 2.75) is 6.92 Å². The summed E-state index contributed by atoms with van der Waals surface area (Å²) in [6.45, 7) is 2.54. The van der Waals surface area contributed by atoms with Crippen LogP contribution in [0, 0.1) is 11.3 Å². The zero-order chi connectivity index (χ0) is 22.6. The van der Waals surface area contributed by atoms with Crippen LogP contribution >= 0.6 is 0 Å². The molecule has 0 saturated carbocycles. The number of hydrogen-bond acceptors (Lipinski definition) is 4. The molecule has 0 aliphatic carbocycles. The highest BCUT2D eigenvalue weighted by Crippen LogP contribution is 2.30. The van der Waals surface area contributed by atoms with E-state index < -0.39 is 0 Å². The zero-order valence-corrected chi connectivity index (χ0v) is 18.1. The maximum Gasteiger partial charge on any atom is 0.149 e. The van der Waals surface area contributed by atoms with Gasteiger partial charge in [0.25, 0.3) is 0 Å². The number of aromatic amines is 1. The molecule has 0 spiro atoms. The zero-order valence-electron chi connectivity index (χ0n) is 18.1. The number of rotatable bonds is 6. The standard InChI is InChI=1S/C27H21N5O/c1-2-33-23-12-8-9-19(16-23)26-21(18-32(31-26)22-10-4-3-5-11-22)15-20(17-28)27-29-24-13-6-7-14-25(24)30-27/h3-16,18H,2H2,1H3,(H,29,30). The van der Waals surface area contributed by atoms with Gasteiger partial charge in [-0.2, -0.15) is 10.4 Å². The molecule has 6 nitrogen and oxygen atoms in total. The van der Waals surface area contributed by atoms with Crippen molar-refractivity contribution in [2.75, 3.05) is 6.61 Å². The summed E-state index contributed by atoms with van der Waals surface area (Å²) in [5.41, 5.74) is 5.54. The molecular formula is C27H21N5O. The number of benzene rings is 3. The highest BCUT2D eigenvalue weighted by atomic mass is 16.5. The monoisotopic (exact) mass is 431 g/mol. The van der Waals surface area contributed by atoms with Gasteiger partial charge in [0.05, 0.1) is 28.9 Å². The molecule has 0 radical (unpaired) electrons. The van der Waals surface area contributed by atoms with E-state index in [0.29, 0.717) is 18.0 Å². The maximum absolute atomic E-state index is 9.94. The van der Waals surface area contributed by atoms with Crippen molar-refractivity contribution in [1.82, 2.24) is 19.7 Å². The highest BCUT2D eigenvalue weighted by Gasteiger charge is 2.15. The second-order valence-electron chi connectivity index (χ2n) is 7.45. The molecule has 33 heavy (non-hydrogen) atoms. The molecule has 0 saturated heterocycles. The summed E-state index contributed by atoms with van der Waals surface area (Å²) in [7, 11) is 0. The van der Waals surface area contributed by atoms with Gasteiger partial charge in [-0.15, -0.1) is 0 Å². The SMILES string of the molecule is CCOc1cccc(-c2nn(-c3ccccc3)cc2C=C(C#N)c2nc3ccccc3[nH]2)c1. The lowest BCUT2D eigenvalue weighted by molar-refractivity contribution is 0.340. The molecule has 0 amide bonds. The summed E-state index contributed by atoms with van der Waals surface area (Å²) in [6, 6.07) is 27.7. The minimum Gasteiger partial charge on any atom is -0.494 e. The Labute approximate surface area is 191 Å². The molecule has 0 unspecified atom stereocenters. The smallest absolute Gasteiger partial charge is 0.149 e. The van der Waals surface area contributed by atoms with Gasteiger partial charge in [-0.3, -0.25) is 0 Å². The first-order valence-corrected chi connectivity index (χ1v) is 10.7. The number of nitrogens with zero attached hydrogens (tertiary/aromatic N) is 4. The van der Waals surface area contributed by atoms with Crippen LogP contribution in [-0.2, 0) is 0 Å². The lowest BCUT2D eigenvalue weighted by Crippen LogP contribution is -1.94. The fourth-order valence-electron chi connectivity index (χ4n) is 3.72. The Morgan fingerprint density at radius 3 is 2.67 bits per heavy atom. The number of nitrogens with one attached hydrogen (secondary N) is 1. The van der Waals surface area contributed by atoms with E-state index in [1.807, 2.05) is 103 Å². The molecule has 0 atom stereocenters. The largest absolute Gasteiger partial charge is 0.494 e. The van der Waals surface area contributed by atoms with Crippen molar-refractivity contribution in [3.8, 4) is 28.8 Å². The highest BCUT2D eigenvalue weighted by molar-refractivity contribution is 5.92. The van der Waals surface area contributed by atoms with Crippen LogP contribution in [0.3, 0.4) is 0 Å². The molecule has 0 fully saturated rings. The molecule has 0 bridgehead atoms. The maximum atomic E-state index is 9.94. The fraction of sp³-hybridized carbons (Fsp3) is 0.0741. The molecular weight excluding hydrogens is 410 g/mol. The van der Waals surface area contributed by atoms with E-state index in [1.54, 1.807) is 0 Å². The Kier molecular flexibility index (Phi) is 5.44. The van der Waals surface area contributed by atoms with E-state index in [4.69, 9.17) is 9.84 Å². The van der Waals surface area contributed by atoms with Crippen molar-refractivity contribution in [3.05, 3.63) is 96.4 Å². The van der Waals surface area contributed by atoms with Gasteiger partial charge < -0.3 is 9.72 Å². The summed E-state index contributed by atoms with van der Waals surface area (Å²) in [4.78, 5) is 7.83. The molecule has 3 aromatic carbocycles. The van der Waals surface area contributed by atoms with E-state index in [0.717, 1.165) is 39.3 Å². The lowest BCUT2D eigenvalue weighted by atomic mass is 10.1. The average Bonchev–Trinajstić information content (AvgIpc) is 3.48. The number of fused-ring (bicyclic) bond motifs is 1. The summed E-state index contributed by atoms with van der Waals surface area (Å²) in [5.74, 6) is 1.30. The Morgan fingerprint density at radius 1 is 1.06 bits per heavy atom. The van der Waals surface area contributed by atoms with Crippen molar-refractivity contribution in [3.63, 3.8) is 0 Å². The van der Waals surface area contributed by atoms with E-state index >= 15 is 0 Å². The van der Waals surface area contributed by atoms with Crippen LogP contribution < -0.4 is 4.74 Å². The predicted molar refractivity (Wildman–Crippen MR) is 130 cm³/mol. The summed E-state index contributed by atoms with van der Waals surface area (Å²) >= 11 is 0. The minimum absolute atomic E-state index is 0.432. The van der Waals surface area contributed by atoms with Gasteiger partial charge in [0.1, 0.15) is 23.3 Å². The Hall–Kier alpha value is -4.63. The Bertz CT molecular complexity index is 1460. The third kappa shape index (κ3) is 4.12. The van der Waals surface area contributed by atoms with E-state index in [2.05, 4.69) is 16.0 Å². The van der Waals surface area contributed by atoms with Crippen LogP contribution in [-0.4, -0.2) is 26.4 Å². The molecule has 0 aliphatic rings. The van der Waals surface area contributed by atoms with Crippen molar-refractivity contribution >= 4 is 22.7 Å². The minimum atomic E-state index is 0.432. The Morgan fingerprint density at radius 2 is 1.88 bits per heavy atom. The van der Waals surface area contributed by atoms with Crippen LogP contribution in [0.15, 0.2) is 85.1 Å². The van der Waals surface area contributed by atoms with Crippen molar-refractivity contribution in [2.24, 2.45) is 0 Å². The van der Waals surface area contributed by atoms with Gasteiger partial charge in [0, 0.05) is 17.3 Å². The number of hydrogen-bond donors (Lipinski definition) is 1. The van der Waals surface area contributed by atoms with E-state index in [9.17, 15) is 5.26 Å². The number of allylic oxidation sites excluding steroid dienone is 1. The summed E-state index contributed by atoms with van der Waals surface area (Å²) < 4.78 is 7.51. The fourth-order valence-corrected chi connectivity index (χ4v) is 3.72. The van der Waals surface area contributed by atoms with Gasteiger partial charge in [0.15, 0.2) is 0 Å². The van der Waals surface area contributed by atoms with Gasteiger partial charge in [0.2, 0.25) is 0 Å². The topological polar surface area (TPSA) is 79.5 Å². The molecule has 1 N–H and O–H groups in total. The third-order valence-electron chi connectivity index (χ3n) is 5.25. The molecule has 6 heteroatoms. The molecule has 2 heterocycles. The number of ether oxygens (including phenoxy) is 1. The third-order valence-corrected chi connectivity index (χ3v) is 5.25. The van der Waals surface area contributed by atoms with Gasteiger partial charge in [-0.25, -0.2) is 9.67 Å². The number of H-pyrrole nitrogens is 1.